The number of rotatable bonds is 78. The first kappa shape index (κ1) is 98.5. The van der Waals surface area contributed by atoms with Crippen LogP contribution in [0.15, 0.2) is 72.9 Å². The fourth-order valence-electron chi connectivity index (χ4n) is 11.3. The summed E-state index contributed by atoms with van der Waals surface area (Å²) in [7, 11) is -9.95. The lowest BCUT2D eigenvalue weighted by Crippen LogP contribution is -2.30. The first-order valence-electron chi connectivity index (χ1n) is 41.2. The Hall–Kier alpha value is -3.50. The van der Waals surface area contributed by atoms with Crippen molar-refractivity contribution in [1.29, 1.82) is 0 Å². The summed E-state index contributed by atoms with van der Waals surface area (Å²) in [4.78, 5) is 73.0. The Bertz CT molecular complexity index is 2210. The van der Waals surface area contributed by atoms with Crippen LogP contribution < -0.4 is 0 Å². The summed E-state index contributed by atoms with van der Waals surface area (Å²) in [5.41, 5.74) is 0. The number of esters is 4. The van der Waals surface area contributed by atoms with Crippen molar-refractivity contribution in [3.05, 3.63) is 72.9 Å². The fraction of sp³-hybridized carbons (Fsp3) is 0.807. The molecule has 0 heterocycles. The second-order valence-electron chi connectivity index (χ2n) is 27.7. The highest BCUT2D eigenvalue weighted by atomic mass is 31.2. The zero-order valence-corrected chi connectivity index (χ0v) is 66.8. The second kappa shape index (κ2) is 75.7. The molecule has 0 radical (unpaired) electrons. The fourth-order valence-corrected chi connectivity index (χ4v) is 12.9. The van der Waals surface area contributed by atoms with Gasteiger partial charge in [-0.1, -0.05) is 300 Å². The maximum absolute atomic E-state index is 13.1. The predicted molar refractivity (Wildman–Crippen MR) is 418 cm³/mol. The van der Waals surface area contributed by atoms with Gasteiger partial charge < -0.3 is 33.8 Å². The van der Waals surface area contributed by atoms with Crippen molar-refractivity contribution in [3.8, 4) is 0 Å². The molecule has 5 unspecified atom stereocenters. The van der Waals surface area contributed by atoms with E-state index in [2.05, 4.69) is 101 Å². The number of phosphoric ester groups is 2. The smallest absolute Gasteiger partial charge is 0.462 e. The van der Waals surface area contributed by atoms with Crippen LogP contribution in [-0.2, 0) is 65.4 Å². The Kier molecular flexibility index (Phi) is 73.1. The van der Waals surface area contributed by atoms with Gasteiger partial charge in [-0.2, -0.15) is 0 Å². The number of carbonyl (C=O) groups excluding carboxylic acids is 4. The summed E-state index contributed by atoms with van der Waals surface area (Å²) in [6, 6.07) is 0. The van der Waals surface area contributed by atoms with Crippen LogP contribution in [0.3, 0.4) is 0 Å². The minimum Gasteiger partial charge on any atom is -0.462 e. The van der Waals surface area contributed by atoms with Crippen LogP contribution >= 0.6 is 15.6 Å². The summed E-state index contributed by atoms with van der Waals surface area (Å²) < 4.78 is 68.7. The first-order valence-corrected chi connectivity index (χ1v) is 44.2. The Labute approximate surface area is 622 Å². The van der Waals surface area contributed by atoms with Gasteiger partial charge in [-0.3, -0.25) is 37.3 Å². The van der Waals surface area contributed by atoms with Crippen molar-refractivity contribution in [1.82, 2.24) is 0 Å². The maximum Gasteiger partial charge on any atom is 0.472 e. The number of aliphatic hydroxyl groups is 1. The van der Waals surface area contributed by atoms with E-state index in [1.807, 2.05) is 0 Å². The molecule has 0 saturated carbocycles. The van der Waals surface area contributed by atoms with Gasteiger partial charge in [-0.15, -0.1) is 0 Å². The van der Waals surface area contributed by atoms with E-state index in [-0.39, 0.29) is 25.7 Å². The molecule has 594 valence electrons. The van der Waals surface area contributed by atoms with E-state index in [4.69, 9.17) is 37.0 Å². The molecule has 102 heavy (non-hydrogen) atoms. The molecule has 0 amide bonds. The SMILES string of the molecule is CCCCC/C=C\C/C=C\C/C=C\CCCCCCCCC(=O)OCC(COP(=O)(O)OCC(O)COP(=O)(O)OCC(COC(=O)CCCCCCCCCCCCCCCCC)OC(=O)CCCCCCC/C=C\CCCCCC)OC(=O)CCCCCCC/C=C\C/C=C\CCCCC. The summed E-state index contributed by atoms with van der Waals surface area (Å²) >= 11 is 0. The Balaban J connectivity index is 5.34. The number of hydrogen-bond donors (Lipinski definition) is 3. The molecule has 0 bridgehead atoms. The van der Waals surface area contributed by atoms with Gasteiger partial charge in [0.15, 0.2) is 12.2 Å². The number of hydrogen-bond acceptors (Lipinski definition) is 15. The summed E-state index contributed by atoms with van der Waals surface area (Å²) in [6.45, 7) is 4.84. The van der Waals surface area contributed by atoms with Crippen LogP contribution in [0.1, 0.15) is 374 Å². The number of allylic oxidation sites excluding steroid dienone is 12. The van der Waals surface area contributed by atoms with Gasteiger partial charge in [-0.05, 0) is 122 Å². The molecule has 3 N–H and O–H groups in total. The van der Waals surface area contributed by atoms with Crippen LogP contribution in [0.5, 0.6) is 0 Å². The number of aliphatic hydroxyl groups excluding tert-OH is 1. The van der Waals surface area contributed by atoms with Crippen LogP contribution in [-0.4, -0.2) is 96.7 Å². The van der Waals surface area contributed by atoms with Gasteiger partial charge in [0, 0.05) is 25.7 Å². The summed E-state index contributed by atoms with van der Waals surface area (Å²) in [5, 5.41) is 10.6. The third-order valence-electron chi connectivity index (χ3n) is 17.6. The molecule has 0 aliphatic rings. The van der Waals surface area contributed by atoms with Gasteiger partial charge >= 0.3 is 39.5 Å². The molecule has 0 spiro atoms. The highest BCUT2D eigenvalue weighted by molar-refractivity contribution is 7.47. The minimum atomic E-state index is -4.98. The molecular formula is C83H150O17P2. The molecule has 0 saturated heterocycles. The van der Waals surface area contributed by atoms with Crippen molar-refractivity contribution in [2.24, 2.45) is 0 Å². The highest BCUT2D eigenvalue weighted by Crippen LogP contribution is 2.45. The number of ether oxygens (including phenoxy) is 4. The van der Waals surface area contributed by atoms with Gasteiger partial charge in [0.2, 0.25) is 0 Å². The molecule has 0 aliphatic carbocycles. The average Bonchev–Trinajstić information content (AvgIpc) is 0.924. The van der Waals surface area contributed by atoms with Gasteiger partial charge in [-0.25, -0.2) is 9.13 Å². The quantitative estimate of drug-likeness (QED) is 0.0169. The number of carbonyl (C=O) groups is 4. The van der Waals surface area contributed by atoms with Gasteiger partial charge in [0.1, 0.15) is 19.3 Å². The van der Waals surface area contributed by atoms with E-state index in [0.717, 1.165) is 161 Å². The lowest BCUT2D eigenvalue weighted by Gasteiger charge is -2.21. The van der Waals surface area contributed by atoms with Crippen molar-refractivity contribution in [2.75, 3.05) is 39.6 Å². The zero-order valence-electron chi connectivity index (χ0n) is 65.0. The largest absolute Gasteiger partial charge is 0.472 e. The second-order valence-corrected chi connectivity index (χ2v) is 30.6. The molecular weight excluding hydrogens is 1330 g/mol. The van der Waals surface area contributed by atoms with E-state index in [1.54, 1.807) is 0 Å². The minimum absolute atomic E-state index is 0.0782. The van der Waals surface area contributed by atoms with E-state index in [1.165, 1.54) is 135 Å². The average molecular weight is 1480 g/mol. The van der Waals surface area contributed by atoms with Crippen LogP contribution in [0.25, 0.3) is 0 Å². The molecule has 0 aromatic heterocycles. The number of phosphoric acid groups is 2. The third-order valence-corrected chi connectivity index (χ3v) is 19.5. The lowest BCUT2D eigenvalue weighted by atomic mass is 10.0. The zero-order chi connectivity index (χ0) is 74.6. The molecule has 0 aliphatic heterocycles. The molecule has 0 fully saturated rings. The first-order chi connectivity index (χ1) is 49.7. The topological polar surface area (TPSA) is 237 Å². The van der Waals surface area contributed by atoms with Crippen LogP contribution in [0.2, 0.25) is 0 Å². The highest BCUT2D eigenvalue weighted by Gasteiger charge is 2.30. The van der Waals surface area contributed by atoms with Crippen LogP contribution in [0.4, 0.5) is 0 Å². The van der Waals surface area contributed by atoms with E-state index < -0.39 is 97.5 Å². The molecule has 0 aromatic rings. The van der Waals surface area contributed by atoms with Crippen LogP contribution in [0, 0.1) is 0 Å². The summed E-state index contributed by atoms with van der Waals surface area (Å²) in [6.07, 6.45) is 77.2. The van der Waals surface area contributed by atoms with Gasteiger partial charge in [0.05, 0.1) is 26.4 Å². The molecule has 5 atom stereocenters. The monoisotopic (exact) mass is 1480 g/mol. The number of unbranched alkanes of at least 4 members (excludes halogenated alkanes) is 40. The van der Waals surface area contributed by atoms with E-state index in [0.29, 0.717) is 25.7 Å². The lowest BCUT2D eigenvalue weighted by molar-refractivity contribution is -0.161. The van der Waals surface area contributed by atoms with Crippen molar-refractivity contribution >= 4 is 39.5 Å². The molecule has 0 rings (SSSR count). The van der Waals surface area contributed by atoms with Crippen molar-refractivity contribution < 1.29 is 80.2 Å². The molecule has 17 nitrogen and oxygen atoms in total. The third kappa shape index (κ3) is 74.8. The predicted octanol–water partition coefficient (Wildman–Crippen LogP) is 24.0. The maximum atomic E-state index is 13.1. The van der Waals surface area contributed by atoms with E-state index >= 15 is 0 Å². The van der Waals surface area contributed by atoms with Crippen molar-refractivity contribution in [2.45, 2.75) is 393 Å². The molecule has 19 heteroatoms. The summed E-state index contributed by atoms with van der Waals surface area (Å²) in [5.74, 6) is -2.18. The molecule has 0 aromatic carbocycles. The Morgan fingerprint density at radius 3 is 0.775 bits per heavy atom. The van der Waals surface area contributed by atoms with Crippen molar-refractivity contribution in [3.63, 3.8) is 0 Å². The Morgan fingerprint density at radius 2 is 0.480 bits per heavy atom. The van der Waals surface area contributed by atoms with E-state index in [9.17, 15) is 43.2 Å². The normalized spacial score (nSPS) is 14.2. The standard InChI is InChI=1S/C83H150O17P2/c1-5-9-13-17-21-25-29-33-36-37-38-39-42-45-48-52-56-60-64-68-81(86)94-74-79(100-83(88)70-66-62-58-54-50-46-41-35-31-27-23-19-15-11-7-3)76-98-102(91,92)96-72-77(84)71-95-101(89,90)97-75-78(99-82(87)69-65-61-57-53-49-43-32-28-24-20-16-12-8-4)73-93-80(85)67-63-59-55-51-47-44-40-34-30-26-22-18-14-10-6-2/h21,23,25,27-28,32-33,35-36,38-39,41,77-79,84H,5-20,22,24,26,29-31,34,37,40,42-76H2,1-4H3,(H,89,90)(H,91,92)/b25-21-,27-23-,32-28-,36-33-,39-38-,41-35-. The Morgan fingerprint density at radius 1 is 0.275 bits per heavy atom. The van der Waals surface area contributed by atoms with Gasteiger partial charge in [0.25, 0.3) is 0 Å².